The van der Waals surface area contributed by atoms with E-state index in [4.69, 9.17) is 5.10 Å². The summed E-state index contributed by atoms with van der Waals surface area (Å²) in [5.74, 6) is 0. The Kier molecular flexibility index (Phi) is 2.81. The Morgan fingerprint density at radius 2 is 2.09 bits per heavy atom. The monoisotopic (exact) mass is 318 g/mol. The molecule has 5 rings (SSSR count). The van der Waals surface area contributed by atoms with E-state index in [-0.39, 0.29) is 0 Å². The van der Waals surface area contributed by atoms with Crippen LogP contribution in [0.25, 0.3) is 32.7 Å². The third kappa shape index (κ3) is 2.00. The van der Waals surface area contributed by atoms with Crippen LogP contribution in [0.2, 0.25) is 0 Å². The number of thiazole rings is 1. The molecule has 1 aliphatic rings. The molecule has 4 aromatic rings. The van der Waals surface area contributed by atoms with Gasteiger partial charge in [-0.1, -0.05) is 12.1 Å². The summed E-state index contributed by atoms with van der Waals surface area (Å²) in [6.45, 7) is 0.998. The first kappa shape index (κ1) is 13.0. The molecular weight excluding hydrogens is 304 g/mol. The highest BCUT2D eigenvalue weighted by molar-refractivity contribution is 7.16. The Morgan fingerprint density at radius 1 is 1.09 bits per heavy atom. The van der Waals surface area contributed by atoms with Crippen molar-refractivity contribution in [3.8, 4) is 22.5 Å². The molecule has 0 unspecified atom stereocenters. The van der Waals surface area contributed by atoms with Gasteiger partial charge < -0.3 is 0 Å². The minimum atomic E-state index is 0.939. The predicted molar refractivity (Wildman–Crippen MR) is 92.4 cm³/mol. The summed E-state index contributed by atoms with van der Waals surface area (Å²) in [6, 6.07) is 12.5. The van der Waals surface area contributed by atoms with Crippen LogP contribution >= 0.6 is 11.3 Å². The quantitative estimate of drug-likeness (QED) is 0.557. The van der Waals surface area contributed by atoms with E-state index in [2.05, 4.69) is 32.8 Å². The Hall–Kier alpha value is -2.53. The lowest BCUT2D eigenvalue weighted by molar-refractivity contribution is 0.658. The van der Waals surface area contributed by atoms with Crippen LogP contribution in [0, 0.1) is 0 Å². The van der Waals surface area contributed by atoms with Gasteiger partial charge in [0.05, 0.1) is 21.4 Å². The van der Waals surface area contributed by atoms with Crippen molar-refractivity contribution in [3.05, 3.63) is 53.8 Å². The average Bonchev–Trinajstić information content (AvgIpc) is 3.30. The fraction of sp³-hybridized carbons (Fsp3) is 0.167. The van der Waals surface area contributed by atoms with Crippen LogP contribution in [0.5, 0.6) is 0 Å². The fourth-order valence-corrected chi connectivity index (χ4v) is 4.04. The van der Waals surface area contributed by atoms with E-state index in [0.29, 0.717) is 0 Å². The summed E-state index contributed by atoms with van der Waals surface area (Å²) < 4.78 is 3.36. The lowest BCUT2D eigenvalue weighted by Gasteiger charge is -2.05. The van der Waals surface area contributed by atoms with E-state index in [1.807, 2.05) is 29.9 Å². The van der Waals surface area contributed by atoms with Crippen LogP contribution in [0.15, 0.2) is 48.1 Å². The standard InChI is InChI=1S/C18H14N4S/c1-2-8-19-14(4-1)18-17(15-5-3-9-22(15)21-18)12-6-7-13-16(10-12)23-11-20-13/h1-2,4,6-8,10-11H,3,5,9H2. The zero-order chi connectivity index (χ0) is 15.2. The second-order valence-electron chi connectivity index (χ2n) is 5.75. The predicted octanol–water partition coefficient (Wildman–Crippen LogP) is 4.17. The van der Waals surface area contributed by atoms with Gasteiger partial charge in [0.1, 0.15) is 5.69 Å². The van der Waals surface area contributed by atoms with Gasteiger partial charge in [-0.05, 0) is 42.7 Å². The van der Waals surface area contributed by atoms with Gasteiger partial charge in [-0.25, -0.2) is 4.98 Å². The van der Waals surface area contributed by atoms with Crippen LogP contribution in [-0.4, -0.2) is 19.7 Å². The molecule has 5 heteroatoms. The minimum absolute atomic E-state index is 0.939. The van der Waals surface area contributed by atoms with Crippen LogP contribution in [0.1, 0.15) is 12.1 Å². The van der Waals surface area contributed by atoms with Crippen molar-refractivity contribution in [2.24, 2.45) is 0 Å². The largest absolute Gasteiger partial charge is 0.268 e. The number of nitrogens with zero attached hydrogens (tertiary/aromatic N) is 4. The zero-order valence-corrected chi connectivity index (χ0v) is 13.3. The number of fused-ring (bicyclic) bond motifs is 2. The topological polar surface area (TPSA) is 43.6 Å². The molecule has 0 spiro atoms. The molecule has 0 saturated carbocycles. The molecule has 0 saturated heterocycles. The van der Waals surface area contributed by atoms with Gasteiger partial charge in [0.25, 0.3) is 0 Å². The van der Waals surface area contributed by atoms with Gasteiger partial charge in [-0.2, -0.15) is 5.10 Å². The molecule has 1 aromatic carbocycles. The summed E-state index contributed by atoms with van der Waals surface area (Å²) >= 11 is 1.68. The van der Waals surface area contributed by atoms with E-state index in [1.165, 1.54) is 27.9 Å². The molecule has 0 N–H and O–H groups in total. The first-order valence-corrected chi connectivity index (χ1v) is 8.63. The molecular formula is C18H14N4S. The molecule has 0 atom stereocenters. The number of aryl methyl sites for hydroxylation is 1. The molecule has 0 fully saturated rings. The van der Waals surface area contributed by atoms with E-state index < -0.39 is 0 Å². The lowest BCUT2D eigenvalue weighted by Crippen LogP contribution is -1.94. The molecule has 0 radical (unpaired) electrons. The maximum absolute atomic E-state index is 4.85. The Bertz CT molecular complexity index is 1000. The molecule has 1 aliphatic heterocycles. The molecule has 112 valence electrons. The fourth-order valence-electron chi connectivity index (χ4n) is 3.33. The second kappa shape index (κ2) is 4.99. The van der Waals surface area contributed by atoms with Gasteiger partial charge in [0.15, 0.2) is 0 Å². The molecule has 0 aliphatic carbocycles. The van der Waals surface area contributed by atoms with Crippen molar-refractivity contribution in [1.29, 1.82) is 0 Å². The van der Waals surface area contributed by atoms with Crippen molar-refractivity contribution in [2.75, 3.05) is 0 Å². The van der Waals surface area contributed by atoms with E-state index in [1.54, 1.807) is 11.3 Å². The lowest BCUT2D eigenvalue weighted by atomic mass is 10.00. The van der Waals surface area contributed by atoms with Crippen LogP contribution in [-0.2, 0) is 13.0 Å². The summed E-state index contributed by atoms with van der Waals surface area (Å²) in [4.78, 5) is 8.89. The highest BCUT2D eigenvalue weighted by Gasteiger charge is 2.24. The molecule has 4 nitrogen and oxygen atoms in total. The maximum Gasteiger partial charge on any atom is 0.119 e. The van der Waals surface area contributed by atoms with Gasteiger partial charge in [0.2, 0.25) is 0 Å². The van der Waals surface area contributed by atoms with Crippen LogP contribution in [0.4, 0.5) is 0 Å². The number of pyridine rings is 1. The highest BCUT2D eigenvalue weighted by atomic mass is 32.1. The normalized spacial score (nSPS) is 13.6. The Morgan fingerprint density at radius 3 is 3.00 bits per heavy atom. The van der Waals surface area contributed by atoms with Crippen molar-refractivity contribution < 1.29 is 0 Å². The van der Waals surface area contributed by atoms with E-state index >= 15 is 0 Å². The first-order chi connectivity index (χ1) is 11.4. The molecule has 0 amide bonds. The van der Waals surface area contributed by atoms with Crippen molar-refractivity contribution >= 4 is 21.6 Å². The van der Waals surface area contributed by atoms with Crippen molar-refractivity contribution in [3.63, 3.8) is 0 Å². The number of rotatable bonds is 2. The average molecular weight is 318 g/mol. The van der Waals surface area contributed by atoms with Crippen molar-refractivity contribution in [1.82, 2.24) is 19.7 Å². The summed E-state index contributed by atoms with van der Waals surface area (Å²) in [5.41, 5.74) is 8.66. The minimum Gasteiger partial charge on any atom is -0.268 e. The number of aromatic nitrogens is 4. The zero-order valence-electron chi connectivity index (χ0n) is 12.4. The number of hydrogen-bond donors (Lipinski definition) is 0. The summed E-state index contributed by atoms with van der Waals surface area (Å²) in [7, 11) is 0. The van der Waals surface area contributed by atoms with E-state index in [0.717, 1.165) is 29.9 Å². The third-order valence-electron chi connectivity index (χ3n) is 4.37. The first-order valence-electron chi connectivity index (χ1n) is 7.75. The number of benzene rings is 1. The third-order valence-corrected chi connectivity index (χ3v) is 5.16. The smallest absolute Gasteiger partial charge is 0.119 e. The maximum atomic E-state index is 4.85. The highest BCUT2D eigenvalue weighted by Crippen LogP contribution is 2.38. The molecule has 0 bridgehead atoms. The summed E-state index contributed by atoms with van der Waals surface area (Å²) in [6.07, 6.45) is 4.08. The van der Waals surface area contributed by atoms with Crippen LogP contribution in [0.3, 0.4) is 0 Å². The number of hydrogen-bond acceptors (Lipinski definition) is 4. The van der Waals surface area contributed by atoms with Gasteiger partial charge in [0, 0.05) is 24.0 Å². The van der Waals surface area contributed by atoms with Crippen LogP contribution < -0.4 is 0 Å². The molecule has 3 aromatic heterocycles. The van der Waals surface area contributed by atoms with E-state index in [9.17, 15) is 0 Å². The second-order valence-corrected chi connectivity index (χ2v) is 6.63. The van der Waals surface area contributed by atoms with Crippen molar-refractivity contribution in [2.45, 2.75) is 19.4 Å². The van der Waals surface area contributed by atoms with Gasteiger partial charge in [-0.15, -0.1) is 11.3 Å². The SMILES string of the molecule is c1ccc(-c2nn3c(c2-c2ccc4ncsc4c2)CCC3)nc1. The molecule has 23 heavy (non-hydrogen) atoms. The Labute approximate surface area is 137 Å². The van der Waals surface area contributed by atoms with Gasteiger partial charge >= 0.3 is 0 Å². The van der Waals surface area contributed by atoms with Gasteiger partial charge in [-0.3, -0.25) is 9.67 Å². The summed E-state index contributed by atoms with van der Waals surface area (Å²) in [5, 5.41) is 4.85. The Balaban J connectivity index is 1.78. The molecule has 4 heterocycles.